The van der Waals surface area contributed by atoms with Crippen molar-refractivity contribution in [2.45, 2.75) is 19.1 Å². The van der Waals surface area contributed by atoms with Gasteiger partial charge in [-0.2, -0.15) is 0 Å². The van der Waals surface area contributed by atoms with Gasteiger partial charge in [0.1, 0.15) is 5.78 Å². The third-order valence-corrected chi connectivity index (χ3v) is 4.97. The fourth-order valence-electron chi connectivity index (χ4n) is 2.31. The van der Waals surface area contributed by atoms with E-state index in [4.69, 9.17) is 15.7 Å². The highest BCUT2D eigenvalue weighted by Gasteiger charge is 2.35. The molecule has 0 aliphatic carbocycles. The van der Waals surface area contributed by atoms with Crippen molar-refractivity contribution in [3.8, 4) is 5.75 Å². The van der Waals surface area contributed by atoms with E-state index in [0.29, 0.717) is 0 Å². The summed E-state index contributed by atoms with van der Waals surface area (Å²) >= 11 is 0. The van der Waals surface area contributed by atoms with Gasteiger partial charge in [0.05, 0.1) is 5.69 Å². The maximum atomic E-state index is 12.9. The lowest BCUT2D eigenvalue weighted by atomic mass is 10.1. The summed E-state index contributed by atoms with van der Waals surface area (Å²) in [7, 11) is -4.30. The van der Waals surface area contributed by atoms with E-state index >= 15 is 0 Å². The van der Waals surface area contributed by atoms with Crippen molar-refractivity contribution in [2.24, 2.45) is 5.73 Å². The molecular weight excluding hydrogens is 355 g/mol. The second-order valence-corrected chi connectivity index (χ2v) is 7.53. The van der Waals surface area contributed by atoms with Crippen LogP contribution < -0.4 is 20.9 Å². The molecule has 0 fully saturated rings. The van der Waals surface area contributed by atoms with Crippen LogP contribution in [0, 0.1) is 5.41 Å². The molecule has 1 unspecified atom stereocenters. The lowest BCUT2D eigenvalue weighted by molar-refractivity contribution is -0.114. The molecule has 1 amide bonds. The summed E-state index contributed by atoms with van der Waals surface area (Å²) in [5, 5.41) is 12.4. The standard InChI is InChI=1S/C17H21N4O4P/c1-12(22)20-14-9-5-6-10-15(14)25-26(23,24)16(21-17(18)19)11-13-7-3-2-4-8-13/h2-10,16H,11H2,1H3,(H,20,22)(H,23,24)(H4,18,19,21)/t16-/m0/s1. The first-order valence-corrected chi connectivity index (χ1v) is 9.46. The van der Waals surface area contributed by atoms with Crippen LogP contribution in [-0.2, 0) is 15.8 Å². The smallest absolute Gasteiger partial charge is 0.399 e. The van der Waals surface area contributed by atoms with Crippen LogP contribution in [0.1, 0.15) is 12.5 Å². The molecule has 138 valence electrons. The zero-order valence-corrected chi connectivity index (χ0v) is 15.1. The minimum atomic E-state index is -4.30. The second kappa shape index (κ2) is 8.51. The average molecular weight is 376 g/mol. The molecule has 2 aromatic rings. The molecule has 0 aromatic heterocycles. The molecule has 0 saturated carbocycles. The summed E-state index contributed by atoms with van der Waals surface area (Å²) in [5.41, 5.74) is 6.41. The second-order valence-electron chi connectivity index (χ2n) is 5.60. The molecule has 0 spiro atoms. The third-order valence-electron chi connectivity index (χ3n) is 3.41. The number of nitrogens with one attached hydrogen (secondary N) is 3. The van der Waals surface area contributed by atoms with E-state index in [0.717, 1.165) is 5.56 Å². The molecule has 9 heteroatoms. The summed E-state index contributed by atoms with van der Waals surface area (Å²) in [4.78, 5) is 21.8. The zero-order chi connectivity index (χ0) is 19.2. The Kier molecular flexibility index (Phi) is 6.38. The predicted octanol–water partition coefficient (Wildman–Crippen LogP) is 2.26. The van der Waals surface area contributed by atoms with Crippen LogP contribution in [0.5, 0.6) is 5.75 Å². The summed E-state index contributed by atoms with van der Waals surface area (Å²) in [6.07, 6.45) is 0.122. The zero-order valence-electron chi connectivity index (χ0n) is 14.2. The van der Waals surface area contributed by atoms with Gasteiger partial charge in [0.15, 0.2) is 11.7 Å². The van der Waals surface area contributed by atoms with Crippen LogP contribution in [0.2, 0.25) is 0 Å². The molecule has 0 saturated heterocycles. The largest absolute Gasteiger partial charge is 0.421 e. The summed E-state index contributed by atoms with van der Waals surface area (Å²) in [6.45, 7) is 1.32. The fraction of sp³-hybridized carbons (Fsp3) is 0.176. The van der Waals surface area contributed by atoms with E-state index in [1.165, 1.54) is 13.0 Å². The van der Waals surface area contributed by atoms with E-state index in [1.807, 2.05) is 6.07 Å². The third kappa shape index (κ3) is 5.61. The number of amides is 1. The minimum absolute atomic E-state index is 0.0527. The topological polar surface area (TPSA) is 138 Å². The Bertz CT molecular complexity index is 829. The SMILES string of the molecule is CC(=O)Nc1ccccc1OP(=O)(O)[C@@H](Cc1ccccc1)NC(=N)N. The number of carbonyl (C=O) groups is 1. The molecule has 0 bridgehead atoms. The van der Waals surface area contributed by atoms with Crippen LogP contribution in [0.4, 0.5) is 5.69 Å². The Morgan fingerprint density at radius 1 is 1.23 bits per heavy atom. The molecule has 0 radical (unpaired) electrons. The number of anilines is 1. The lowest BCUT2D eigenvalue weighted by Gasteiger charge is -2.25. The quantitative estimate of drug-likeness (QED) is 0.285. The molecule has 2 aromatic carbocycles. The number of hydrogen-bond donors (Lipinski definition) is 5. The van der Waals surface area contributed by atoms with Gasteiger partial charge in [-0.15, -0.1) is 0 Å². The Morgan fingerprint density at radius 3 is 2.46 bits per heavy atom. The van der Waals surface area contributed by atoms with Crippen LogP contribution in [0.25, 0.3) is 0 Å². The number of hydrogen-bond acceptors (Lipinski definition) is 4. The van der Waals surface area contributed by atoms with Crippen molar-refractivity contribution in [1.82, 2.24) is 5.32 Å². The van der Waals surface area contributed by atoms with E-state index in [2.05, 4.69) is 10.6 Å². The summed E-state index contributed by atoms with van der Waals surface area (Å²) in [5.74, 6) is -1.86. The van der Waals surface area contributed by atoms with Crippen molar-refractivity contribution in [1.29, 1.82) is 5.41 Å². The number of para-hydroxylation sites is 2. The fourth-order valence-corrected chi connectivity index (χ4v) is 3.62. The number of guanidine groups is 1. The average Bonchev–Trinajstić information content (AvgIpc) is 2.56. The predicted molar refractivity (Wildman–Crippen MR) is 100 cm³/mol. The monoisotopic (exact) mass is 376 g/mol. The maximum absolute atomic E-state index is 12.9. The summed E-state index contributed by atoms with van der Waals surface area (Å²) in [6, 6.07) is 15.3. The normalized spacial score (nSPS) is 13.9. The Morgan fingerprint density at radius 2 is 1.85 bits per heavy atom. The van der Waals surface area contributed by atoms with Gasteiger partial charge in [-0.3, -0.25) is 10.2 Å². The Balaban J connectivity index is 2.27. The van der Waals surface area contributed by atoms with Crippen LogP contribution in [0.3, 0.4) is 0 Å². The molecule has 0 aliphatic heterocycles. The lowest BCUT2D eigenvalue weighted by Crippen LogP contribution is -2.41. The van der Waals surface area contributed by atoms with E-state index < -0.39 is 19.3 Å². The number of rotatable bonds is 7. The van der Waals surface area contributed by atoms with Gasteiger partial charge >= 0.3 is 7.60 Å². The van der Waals surface area contributed by atoms with Crippen molar-refractivity contribution in [3.05, 3.63) is 60.2 Å². The van der Waals surface area contributed by atoms with Crippen LogP contribution in [0.15, 0.2) is 54.6 Å². The highest BCUT2D eigenvalue weighted by molar-refractivity contribution is 7.54. The first-order chi connectivity index (χ1) is 12.3. The molecule has 26 heavy (non-hydrogen) atoms. The van der Waals surface area contributed by atoms with Gasteiger partial charge in [-0.25, -0.2) is 4.57 Å². The molecule has 2 rings (SSSR count). The first kappa shape index (κ1) is 19.5. The Labute approximate surface area is 151 Å². The minimum Gasteiger partial charge on any atom is -0.421 e. The summed E-state index contributed by atoms with van der Waals surface area (Å²) < 4.78 is 18.2. The Hall–Kier alpha value is -2.83. The number of carbonyl (C=O) groups excluding carboxylic acids is 1. The van der Waals surface area contributed by atoms with E-state index in [1.54, 1.807) is 42.5 Å². The van der Waals surface area contributed by atoms with Crippen LogP contribution in [-0.4, -0.2) is 22.5 Å². The van der Waals surface area contributed by atoms with E-state index in [-0.39, 0.29) is 23.8 Å². The van der Waals surface area contributed by atoms with Crippen LogP contribution >= 0.6 is 7.60 Å². The van der Waals surface area contributed by atoms with Gasteiger partial charge in [0.2, 0.25) is 5.91 Å². The van der Waals surface area contributed by atoms with Gasteiger partial charge < -0.3 is 25.8 Å². The maximum Gasteiger partial charge on any atom is 0.399 e. The molecule has 0 heterocycles. The molecule has 0 aliphatic rings. The van der Waals surface area contributed by atoms with Gasteiger partial charge in [0, 0.05) is 13.3 Å². The molecule has 6 N–H and O–H groups in total. The molecule has 8 nitrogen and oxygen atoms in total. The van der Waals surface area contributed by atoms with Crippen molar-refractivity contribution in [3.63, 3.8) is 0 Å². The molecular formula is C17H21N4O4P. The van der Waals surface area contributed by atoms with Crippen molar-refractivity contribution in [2.75, 3.05) is 5.32 Å². The number of nitrogens with two attached hydrogens (primary N) is 1. The van der Waals surface area contributed by atoms with Gasteiger partial charge in [-0.1, -0.05) is 42.5 Å². The highest BCUT2D eigenvalue weighted by atomic mass is 31.2. The van der Waals surface area contributed by atoms with Gasteiger partial charge in [0.25, 0.3) is 0 Å². The van der Waals surface area contributed by atoms with Crippen molar-refractivity contribution < 1.29 is 18.8 Å². The number of benzene rings is 2. The van der Waals surface area contributed by atoms with Crippen molar-refractivity contribution >= 4 is 25.1 Å². The highest BCUT2D eigenvalue weighted by Crippen LogP contribution is 2.49. The molecule has 2 atom stereocenters. The van der Waals surface area contributed by atoms with E-state index in [9.17, 15) is 14.3 Å². The first-order valence-electron chi connectivity index (χ1n) is 7.81. The van der Waals surface area contributed by atoms with Gasteiger partial charge in [-0.05, 0) is 17.7 Å².